The van der Waals surface area contributed by atoms with Gasteiger partial charge < -0.3 is 10.6 Å². The van der Waals surface area contributed by atoms with Crippen LogP contribution in [0.3, 0.4) is 0 Å². The number of aryl methyl sites for hydroxylation is 1. The highest BCUT2D eigenvalue weighted by molar-refractivity contribution is 5.83. The van der Waals surface area contributed by atoms with E-state index >= 15 is 0 Å². The lowest BCUT2D eigenvalue weighted by Crippen LogP contribution is -2.49. The standard InChI is InChI=1S/C17H26N2O/c1-4-14-6-8-15(9-7-14)13(2)19-16(20)17(3)10-5-11-18-12-17/h6-9,13,18H,4-5,10-12H2,1-3H3,(H,19,20). The van der Waals surface area contributed by atoms with Gasteiger partial charge in [0, 0.05) is 6.54 Å². The van der Waals surface area contributed by atoms with Crippen LogP contribution in [0, 0.1) is 5.41 Å². The van der Waals surface area contributed by atoms with Gasteiger partial charge in [-0.3, -0.25) is 4.79 Å². The molecule has 20 heavy (non-hydrogen) atoms. The number of piperidine rings is 1. The fourth-order valence-electron chi connectivity index (χ4n) is 2.75. The van der Waals surface area contributed by atoms with E-state index in [-0.39, 0.29) is 17.4 Å². The maximum Gasteiger partial charge on any atom is 0.227 e. The first-order valence-electron chi connectivity index (χ1n) is 7.66. The molecular weight excluding hydrogens is 248 g/mol. The average molecular weight is 274 g/mol. The number of carbonyl (C=O) groups is 1. The zero-order valence-corrected chi connectivity index (χ0v) is 12.8. The van der Waals surface area contributed by atoms with Crippen molar-refractivity contribution in [3.8, 4) is 0 Å². The molecule has 0 spiro atoms. The molecule has 1 fully saturated rings. The summed E-state index contributed by atoms with van der Waals surface area (Å²) < 4.78 is 0. The Labute approximate surface area is 122 Å². The van der Waals surface area contributed by atoms with Gasteiger partial charge in [-0.25, -0.2) is 0 Å². The fourth-order valence-corrected chi connectivity index (χ4v) is 2.75. The van der Waals surface area contributed by atoms with Gasteiger partial charge in [-0.15, -0.1) is 0 Å². The van der Waals surface area contributed by atoms with Crippen LogP contribution >= 0.6 is 0 Å². The predicted octanol–water partition coefficient (Wildman–Crippen LogP) is 2.82. The summed E-state index contributed by atoms with van der Waals surface area (Å²) in [4.78, 5) is 12.5. The molecule has 1 aliphatic heterocycles. The van der Waals surface area contributed by atoms with Crippen molar-refractivity contribution >= 4 is 5.91 Å². The highest BCUT2D eigenvalue weighted by Gasteiger charge is 2.35. The molecule has 0 aromatic heterocycles. The molecule has 2 rings (SSSR count). The van der Waals surface area contributed by atoms with Gasteiger partial charge in [0.1, 0.15) is 0 Å². The Balaban J connectivity index is 1.99. The van der Waals surface area contributed by atoms with E-state index in [1.54, 1.807) is 0 Å². The van der Waals surface area contributed by atoms with Crippen LogP contribution in [0.1, 0.15) is 50.8 Å². The van der Waals surface area contributed by atoms with Gasteiger partial charge in [0.05, 0.1) is 11.5 Å². The van der Waals surface area contributed by atoms with E-state index in [9.17, 15) is 4.79 Å². The molecule has 1 aromatic rings. The van der Waals surface area contributed by atoms with Gasteiger partial charge in [-0.2, -0.15) is 0 Å². The molecule has 1 aliphatic rings. The Morgan fingerprint density at radius 1 is 1.40 bits per heavy atom. The molecule has 3 nitrogen and oxygen atoms in total. The van der Waals surface area contributed by atoms with Gasteiger partial charge in [-0.1, -0.05) is 31.2 Å². The molecule has 1 aromatic carbocycles. The molecule has 1 heterocycles. The number of hydrogen-bond acceptors (Lipinski definition) is 2. The van der Waals surface area contributed by atoms with Gasteiger partial charge in [0.2, 0.25) is 5.91 Å². The van der Waals surface area contributed by atoms with Crippen LogP contribution in [0.25, 0.3) is 0 Å². The van der Waals surface area contributed by atoms with Crippen molar-refractivity contribution in [2.75, 3.05) is 13.1 Å². The molecule has 0 bridgehead atoms. The monoisotopic (exact) mass is 274 g/mol. The first-order chi connectivity index (χ1) is 9.55. The smallest absolute Gasteiger partial charge is 0.227 e. The normalized spacial score (nSPS) is 24.1. The highest BCUT2D eigenvalue weighted by atomic mass is 16.2. The minimum absolute atomic E-state index is 0.0622. The summed E-state index contributed by atoms with van der Waals surface area (Å²) >= 11 is 0. The van der Waals surface area contributed by atoms with Crippen LogP contribution < -0.4 is 10.6 Å². The third kappa shape index (κ3) is 3.40. The summed E-state index contributed by atoms with van der Waals surface area (Å²) in [6.07, 6.45) is 3.08. The minimum Gasteiger partial charge on any atom is -0.349 e. The second-order valence-electron chi connectivity index (χ2n) is 6.13. The van der Waals surface area contributed by atoms with Gasteiger partial charge in [-0.05, 0) is 50.8 Å². The zero-order valence-electron chi connectivity index (χ0n) is 12.8. The lowest BCUT2D eigenvalue weighted by Gasteiger charge is -2.33. The van der Waals surface area contributed by atoms with E-state index in [4.69, 9.17) is 0 Å². The number of carbonyl (C=O) groups excluding carboxylic acids is 1. The van der Waals surface area contributed by atoms with Crippen molar-refractivity contribution in [1.29, 1.82) is 0 Å². The largest absolute Gasteiger partial charge is 0.349 e. The first kappa shape index (κ1) is 15.0. The second-order valence-corrected chi connectivity index (χ2v) is 6.13. The molecule has 2 unspecified atom stereocenters. The summed E-state index contributed by atoms with van der Waals surface area (Å²) in [5.74, 6) is 0.164. The molecule has 0 radical (unpaired) electrons. The van der Waals surface area contributed by atoms with Crippen LogP contribution in [-0.4, -0.2) is 19.0 Å². The molecule has 3 heteroatoms. The summed E-state index contributed by atoms with van der Waals surface area (Å²) in [7, 11) is 0. The van der Waals surface area contributed by atoms with E-state index in [2.05, 4.69) is 55.7 Å². The Bertz CT molecular complexity index is 447. The Kier molecular flexibility index (Phi) is 4.81. The zero-order chi connectivity index (χ0) is 14.6. The molecule has 0 saturated carbocycles. The second kappa shape index (κ2) is 6.40. The molecule has 1 saturated heterocycles. The van der Waals surface area contributed by atoms with Gasteiger partial charge >= 0.3 is 0 Å². The average Bonchev–Trinajstić information content (AvgIpc) is 2.48. The predicted molar refractivity (Wildman–Crippen MR) is 82.6 cm³/mol. The molecule has 0 aliphatic carbocycles. The van der Waals surface area contributed by atoms with Crippen LogP contribution in [0.2, 0.25) is 0 Å². The van der Waals surface area contributed by atoms with Crippen LogP contribution in [-0.2, 0) is 11.2 Å². The minimum atomic E-state index is -0.268. The SMILES string of the molecule is CCc1ccc(C(C)NC(=O)C2(C)CCCNC2)cc1. The molecule has 2 N–H and O–H groups in total. The van der Waals surface area contributed by atoms with Crippen molar-refractivity contribution in [2.24, 2.45) is 5.41 Å². The van der Waals surface area contributed by atoms with E-state index in [1.165, 1.54) is 11.1 Å². The fraction of sp³-hybridized carbons (Fsp3) is 0.588. The summed E-state index contributed by atoms with van der Waals surface area (Å²) in [5, 5.41) is 6.49. The maximum atomic E-state index is 12.5. The topological polar surface area (TPSA) is 41.1 Å². The van der Waals surface area contributed by atoms with Crippen molar-refractivity contribution < 1.29 is 4.79 Å². The quantitative estimate of drug-likeness (QED) is 0.886. The third-order valence-electron chi connectivity index (χ3n) is 4.38. The Morgan fingerprint density at radius 2 is 2.10 bits per heavy atom. The van der Waals surface area contributed by atoms with E-state index in [0.717, 1.165) is 32.4 Å². The lowest BCUT2D eigenvalue weighted by molar-refractivity contribution is -0.131. The number of nitrogens with one attached hydrogen (secondary N) is 2. The van der Waals surface area contributed by atoms with Gasteiger partial charge in [0.25, 0.3) is 0 Å². The number of amides is 1. The van der Waals surface area contributed by atoms with E-state index < -0.39 is 0 Å². The molecule has 110 valence electrons. The van der Waals surface area contributed by atoms with Crippen molar-refractivity contribution in [2.45, 2.75) is 46.1 Å². The summed E-state index contributed by atoms with van der Waals surface area (Å²) in [6, 6.07) is 8.58. The third-order valence-corrected chi connectivity index (χ3v) is 4.38. The van der Waals surface area contributed by atoms with Crippen LogP contribution in [0.5, 0.6) is 0 Å². The summed E-state index contributed by atoms with van der Waals surface area (Å²) in [5.41, 5.74) is 2.23. The van der Waals surface area contributed by atoms with Crippen molar-refractivity contribution in [3.05, 3.63) is 35.4 Å². The lowest BCUT2D eigenvalue weighted by atomic mass is 9.81. The van der Waals surface area contributed by atoms with E-state index in [1.807, 2.05) is 0 Å². The molecule has 2 atom stereocenters. The number of hydrogen-bond donors (Lipinski definition) is 2. The maximum absolute atomic E-state index is 12.5. The van der Waals surface area contributed by atoms with Crippen molar-refractivity contribution in [1.82, 2.24) is 10.6 Å². The number of benzene rings is 1. The molecular formula is C17H26N2O. The van der Waals surface area contributed by atoms with Gasteiger partial charge in [0.15, 0.2) is 0 Å². The summed E-state index contributed by atoms with van der Waals surface area (Å²) in [6.45, 7) is 8.06. The Morgan fingerprint density at radius 3 is 2.65 bits per heavy atom. The van der Waals surface area contributed by atoms with E-state index in [0.29, 0.717) is 0 Å². The Hall–Kier alpha value is -1.35. The highest BCUT2D eigenvalue weighted by Crippen LogP contribution is 2.27. The van der Waals surface area contributed by atoms with Crippen LogP contribution in [0.4, 0.5) is 0 Å². The van der Waals surface area contributed by atoms with Crippen molar-refractivity contribution in [3.63, 3.8) is 0 Å². The molecule has 1 amide bonds. The number of rotatable bonds is 4. The first-order valence-corrected chi connectivity index (χ1v) is 7.66. The van der Waals surface area contributed by atoms with Crippen LogP contribution in [0.15, 0.2) is 24.3 Å².